The Morgan fingerprint density at radius 3 is 2.33 bits per heavy atom. The molecule has 1 fully saturated rings. The van der Waals surface area contributed by atoms with Crippen molar-refractivity contribution in [3.8, 4) is 0 Å². The van der Waals surface area contributed by atoms with Crippen molar-refractivity contribution in [2.75, 3.05) is 6.61 Å². The van der Waals surface area contributed by atoms with E-state index in [1.54, 1.807) is 0 Å². The van der Waals surface area contributed by atoms with Crippen molar-refractivity contribution in [3.63, 3.8) is 0 Å². The van der Waals surface area contributed by atoms with Crippen LogP contribution in [0.4, 0.5) is 0 Å². The molecular weight excluding hydrogens is 242 g/mol. The summed E-state index contributed by atoms with van der Waals surface area (Å²) in [4.78, 5) is 0. The van der Waals surface area contributed by atoms with E-state index in [2.05, 4.69) is 30.2 Å². The van der Waals surface area contributed by atoms with Crippen LogP contribution in [0.1, 0.15) is 0 Å². The molecule has 1 aliphatic heterocycles. The minimum atomic E-state index is -1.41. The number of thiol groups is 1. The lowest BCUT2D eigenvalue weighted by Gasteiger charge is -2.40. The maximum Gasteiger partial charge on any atom is 0.158 e. The Hall–Kier alpha value is 0.0400. The highest BCUT2D eigenvalue weighted by Crippen LogP contribution is 2.19. The number of hydrogen-bond donors (Lipinski definition) is 6. The lowest BCUT2D eigenvalue weighted by molar-refractivity contribution is -0.232. The quantitative estimate of drug-likeness (QED) is 0.241. The molecule has 1 saturated heterocycles. The van der Waals surface area contributed by atoms with Gasteiger partial charge >= 0.3 is 0 Å². The zero-order valence-electron chi connectivity index (χ0n) is 7.65. The van der Waals surface area contributed by atoms with Gasteiger partial charge in [-0.15, -0.1) is 12.6 Å². The van der Waals surface area contributed by atoms with Crippen LogP contribution in [-0.4, -0.2) is 62.0 Å². The summed E-state index contributed by atoms with van der Waals surface area (Å²) in [5, 5.41) is 39.7. The molecule has 0 aromatic heterocycles. The van der Waals surface area contributed by atoms with E-state index >= 15 is 0 Å². The Kier molecular flexibility index (Phi) is 4.71. The number of ether oxygens (including phenoxy) is 1. The van der Waals surface area contributed by atoms with Crippen molar-refractivity contribution in [2.24, 2.45) is 0 Å². The van der Waals surface area contributed by atoms with E-state index in [1.807, 2.05) is 0 Å². The van der Waals surface area contributed by atoms with E-state index in [9.17, 15) is 15.3 Å². The number of thiocarbonyl (C=S) groups is 1. The lowest BCUT2D eigenvalue weighted by atomic mass is 9.98. The molecule has 1 heterocycles. The van der Waals surface area contributed by atoms with Gasteiger partial charge in [-0.25, -0.2) is 0 Å². The SMILES string of the molecule is OC[C@H]1OC(NC(=S)S)[C@H](O)[C@@H](O)[C@@H]1O. The maximum absolute atomic E-state index is 9.50. The zero-order chi connectivity index (χ0) is 11.6. The van der Waals surface area contributed by atoms with Crippen molar-refractivity contribution >= 4 is 29.2 Å². The molecule has 0 aromatic rings. The summed E-state index contributed by atoms with van der Waals surface area (Å²) >= 11 is 8.41. The molecule has 5 N–H and O–H groups in total. The number of aliphatic hydroxyl groups is 4. The van der Waals surface area contributed by atoms with E-state index in [0.717, 1.165) is 0 Å². The fourth-order valence-corrected chi connectivity index (χ4v) is 1.59. The van der Waals surface area contributed by atoms with Gasteiger partial charge in [-0.3, -0.25) is 0 Å². The van der Waals surface area contributed by atoms with Crippen molar-refractivity contribution in [1.82, 2.24) is 5.32 Å². The van der Waals surface area contributed by atoms with Gasteiger partial charge in [0.15, 0.2) is 6.23 Å². The monoisotopic (exact) mass is 255 g/mol. The maximum atomic E-state index is 9.50. The molecular formula is C7H13NO5S2. The molecule has 0 saturated carbocycles. The van der Waals surface area contributed by atoms with E-state index in [0.29, 0.717) is 0 Å². The first kappa shape index (κ1) is 13.1. The Labute approximate surface area is 97.3 Å². The Bertz CT molecular complexity index is 239. The summed E-state index contributed by atoms with van der Waals surface area (Å²) in [5.74, 6) is 0. The van der Waals surface area contributed by atoms with Gasteiger partial charge in [0.25, 0.3) is 0 Å². The number of nitrogens with one attached hydrogen (secondary N) is 1. The first-order valence-electron chi connectivity index (χ1n) is 4.27. The van der Waals surface area contributed by atoms with Gasteiger partial charge in [0.2, 0.25) is 0 Å². The van der Waals surface area contributed by atoms with Crippen molar-refractivity contribution in [2.45, 2.75) is 30.6 Å². The van der Waals surface area contributed by atoms with Gasteiger partial charge in [-0.1, -0.05) is 12.2 Å². The van der Waals surface area contributed by atoms with Crippen LogP contribution in [0.2, 0.25) is 0 Å². The molecule has 0 amide bonds. The molecule has 0 aromatic carbocycles. The summed E-state index contributed by atoms with van der Waals surface area (Å²) < 4.78 is 5.17. The lowest BCUT2D eigenvalue weighted by Crippen LogP contribution is -2.62. The van der Waals surface area contributed by atoms with Crippen LogP contribution in [0.25, 0.3) is 0 Å². The Morgan fingerprint density at radius 1 is 1.27 bits per heavy atom. The summed E-state index contributed by atoms with van der Waals surface area (Å²) in [7, 11) is 0. The average molecular weight is 255 g/mol. The minimum absolute atomic E-state index is 0.0827. The smallest absolute Gasteiger partial charge is 0.158 e. The van der Waals surface area contributed by atoms with Crippen molar-refractivity contribution < 1.29 is 25.2 Å². The van der Waals surface area contributed by atoms with Crippen LogP contribution in [0.5, 0.6) is 0 Å². The summed E-state index contributed by atoms with van der Waals surface area (Å²) in [6.45, 7) is -0.470. The molecule has 0 bridgehead atoms. The van der Waals surface area contributed by atoms with Gasteiger partial charge in [0.1, 0.15) is 28.7 Å². The second-order valence-corrected chi connectivity index (χ2v) is 4.36. The predicted molar refractivity (Wildman–Crippen MR) is 58.5 cm³/mol. The van der Waals surface area contributed by atoms with Gasteiger partial charge in [0.05, 0.1) is 6.61 Å². The molecule has 0 spiro atoms. The number of hydrogen-bond acceptors (Lipinski definition) is 6. The molecule has 8 heteroatoms. The Balaban J connectivity index is 2.69. The largest absolute Gasteiger partial charge is 0.394 e. The molecule has 5 atom stereocenters. The van der Waals surface area contributed by atoms with Crippen LogP contribution >= 0.6 is 24.8 Å². The van der Waals surface area contributed by atoms with Gasteiger partial charge in [0, 0.05) is 0 Å². The molecule has 0 radical (unpaired) electrons. The van der Waals surface area contributed by atoms with E-state index in [1.165, 1.54) is 0 Å². The third-order valence-corrected chi connectivity index (χ3v) is 2.40. The minimum Gasteiger partial charge on any atom is -0.394 e. The van der Waals surface area contributed by atoms with Crippen LogP contribution in [0.3, 0.4) is 0 Å². The molecule has 0 aliphatic carbocycles. The predicted octanol–water partition coefficient (Wildman–Crippen LogP) is -2.41. The van der Waals surface area contributed by atoms with E-state index in [4.69, 9.17) is 9.84 Å². The molecule has 6 nitrogen and oxygen atoms in total. The molecule has 15 heavy (non-hydrogen) atoms. The van der Waals surface area contributed by atoms with E-state index < -0.39 is 37.3 Å². The third-order valence-electron chi connectivity index (χ3n) is 2.16. The van der Waals surface area contributed by atoms with Crippen LogP contribution in [0.15, 0.2) is 0 Å². The third kappa shape index (κ3) is 3.00. The van der Waals surface area contributed by atoms with Crippen LogP contribution in [-0.2, 0) is 4.74 Å². The second-order valence-electron chi connectivity index (χ2n) is 3.20. The number of rotatable bonds is 2. The summed E-state index contributed by atoms with van der Waals surface area (Å²) in [6.07, 6.45) is -6.05. The zero-order valence-corrected chi connectivity index (χ0v) is 9.36. The first-order valence-corrected chi connectivity index (χ1v) is 5.13. The molecule has 1 aliphatic rings. The highest BCUT2D eigenvalue weighted by molar-refractivity contribution is 8.11. The average Bonchev–Trinajstić information content (AvgIpc) is 2.18. The van der Waals surface area contributed by atoms with E-state index in [-0.39, 0.29) is 4.32 Å². The molecule has 1 rings (SSSR count). The van der Waals surface area contributed by atoms with Crippen molar-refractivity contribution in [3.05, 3.63) is 0 Å². The fraction of sp³-hybridized carbons (Fsp3) is 0.857. The Morgan fingerprint density at radius 2 is 1.87 bits per heavy atom. The normalized spacial score (nSPS) is 41.3. The highest BCUT2D eigenvalue weighted by Gasteiger charge is 2.43. The van der Waals surface area contributed by atoms with Crippen LogP contribution in [0, 0.1) is 0 Å². The second kappa shape index (κ2) is 5.39. The topological polar surface area (TPSA) is 102 Å². The van der Waals surface area contributed by atoms with Gasteiger partial charge < -0.3 is 30.5 Å². The molecule has 88 valence electrons. The first-order chi connectivity index (χ1) is 6.97. The summed E-state index contributed by atoms with van der Waals surface area (Å²) in [6, 6.07) is 0. The molecule has 1 unspecified atom stereocenters. The number of aliphatic hydroxyl groups excluding tert-OH is 4. The van der Waals surface area contributed by atoms with Crippen LogP contribution < -0.4 is 5.32 Å². The van der Waals surface area contributed by atoms with Crippen molar-refractivity contribution in [1.29, 1.82) is 0 Å². The van der Waals surface area contributed by atoms with Gasteiger partial charge in [-0.05, 0) is 0 Å². The van der Waals surface area contributed by atoms with Gasteiger partial charge in [-0.2, -0.15) is 0 Å². The standard InChI is InChI=1S/C7H13NO5S2/c9-1-2-3(10)4(11)5(12)6(13-2)8-7(14)15/h2-6,9-12H,1H2,(H2,8,14,15)/t2-,3-,4+,5-,6?/m1/s1. The summed E-state index contributed by atoms with van der Waals surface area (Å²) in [5.41, 5.74) is 0. The highest BCUT2D eigenvalue weighted by atomic mass is 32.1. The fourth-order valence-electron chi connectivity index (χ4n) is 1.34.